The van der Waals surface area contributed by atoms with Crippen molar-refractivity contribution in [2.75, 3.05) is 18.5 Å². The number of carbonyl (C=O) groups excluding carboxylic acids is 1. The summed E-state index contributed by atoms with van der Waals surface area (Å²) in [4.78, 5) is 20.9. The maximum absolute atomic E-state index is 14.0. The fraction of sp³-hybridized carbons (Fsp3) is 0.303. The van der Waals surface area contributed by atoms with Gasteiger partial charge in [-0.1, -0.05) is 81.4 Å². The lowest BCUT2D eigenvalue weighted by atomic mass is 9.84. The number of aromatic nitrogens is 2. The van der Waals surface area contributed by atoms with Crippen LogP contribution in [-0.4, -0.2) is 44.8 Å². The van der Waals surface area contributed by atoms with E-state index in [0.29, 0.717) is 30.8 Å². The number of hydrogen-bond donors (Lipinski definition) is 3. The molecule has 2 amide bonds. The molecule has 3 aromatic carbocycles. The van der Waals surface area contributed by atoms with Gasteiger partial charge < -0.3 is 25.6 Å². The van der Waals surface area contributed by atoms with Crippen molar-refractivity contribution in [1.82, 2.24) is 14.5 Å². The summed E-state index contributed by atoms with van der Waals surface area (Å²) in [7, 11) is 0. The Balaban J connectivity index is 1.80. The zero-order chi connectivity index (χ0) is 29.4. The Morgan fingerprint density at radius 2 is 1.68 bits per heavy atom. The number of amides is 2. The highest BCUT2D eigenvalue weighted by Crippen LogP contribution is 2.39. The molecule has 0 saturated carbocycles. The second kappa shape index (κ2) is 13.3. The standard InChI is InChI=1S/C33H38N6O2/c1-33(2,3)30(39(19-18-27(35)23-40)32(41)36-28-16-14-24(20-34)15-17-28)31-37-29(26-12-8-5-9-13-26)22-38(31)21-25-10-6-4-7-11-25/h4-17,22,27,30,40H,18-19,21,23,35H2,1-3H3,(H,36,41). The van der Waals surface area contributed by atoms with Crippen molar-refractivity contribution in [2.24, 2.45) is 11.1 Å². The number of aliphatic hydroxyl groups is 1. The molecular formula is C33H38N6O2. The minimum absolute atomic E-state index is 0.175. The summed E-state index contributed by atoms with van der Waals surface area (Å²) in [6.07, 6.45) is 2.46. The van der Waals surface area contributed by atoms with Gasteiger partial charge in [-0.3, -0.25) is 0 Å². The number of nitrogens with two attached hydrogens (primary N) is 1. The maximum Gasteiger partial charge on any atom is 0.322 e. The van der Waals surface area contributed by atoms with E-state index in [1.165, 1.54) is 0 Å². The van der Waals surface area contributed by atoms with Gasteiger partial charge in [-0.25, -0.2) is 9.78 Å². The van der Waals surface area contributed by atoms with Gasteiger partial charge in [-0.15, -0.1) is 0 Å². The Hall–Kier alpha value is -4.45. The number of urea groups is 1. The monoisotopic (exact) mass is 550 g/mol. The fourth-order valence-electron chi connectivity index (χ4n) is 4.86. The van der Waals surface area contributed by atoms with Crippen LogP contribution in [0.15, 0.2) is 91.1 Å². The van der Waals surface area contributed by atoms with Crippen molar-refractivity contribution in [3.63, 3.8) is 0 Å². The minimum atomic E-state index is -0.468. The van der Waals surface area contributed by atoms with Gasteiger partial charge in [0.1, 0.15) is 5.82 Å². The van der Waals surface area contributed by atoms with Crippen LogP contribution in [0.5, 0.6) is 0 Å². The number of anilines is 1. The zero-order valence-electron chi connectivity index (χ0n) is 23.9. The largest absolute Gasteiger partial charge is 0.395 e. The quantitative estimate of drug-likeness (QED) is 0.230. The molecule has 1 aromatic heterocycles. The lowest BCUT2D eigenvalue weighted by Crippen LogP contribution is -2.46. The predicted molar refractivity (Wildman–Crippen MR) is 162 cm³/mol. The lowest BCUT2D eigenvalue weighted by molar-refractivity contribution is 0.111. The molecule has 0 radical (unpaired) electrons. The third kappa shape index (κ3) is 7.60. The normalized spacial score (nSPS) is 12.8. The van der Waals surface area contributed by atoms with Crippen LogP contribution in [0, 0.1) is 16.7 Å². The first kappa shape index (κ1) is 29.5. The first-order valence-electron chi connectivity index (χ1n) is 13.8. The number of rotatable bonds is 10. The van der Waals surface area contributed by atoms with E-state index >= 15 is 0 Å². The molecule has 4 rings (SSSR count). The number of nitrogens with one attached hydrogen (secondary N) is 1. The predicted octanol–water partition coefficient (Wildman–Crippen LogP) is 5.80. The first-order valence-corrected chi connectivity index (χ1v) is 13.8. The summed E-state index contributed by atoms with van der Waals surface area (Å²) in [6.45, 7) is 7.00. The number of benzene rings is 3. The summed E-state index contributed by atoms with van der Waals surface area (Å²) < 4.78 is 2.13. The van der Waals surface area contributed by atoms with Crippen LogP contribution in [0.4, 0.5) is 10.5 Å². The topological polar surface area (TPSA) is 120 Å². The number of hydrogen-bond acceptors (Lipinski definition) is 5. The molecule has 0 aliphatic rings. The van der Waals surface area contributed by atoms with E-state index in [1.54, 1.807) is 29.2 Å². The first-order chi connectivity index (χ1) is 19.7. The van der Waals surface area contributed by atoms with Gasteiger partial charge in [-0.05, 0) is 41.7 Å². The Kier molecular flexibility index (Phi) is 9.56. The molecule has 8 heteroatoms. The molecule has 0 fully saturated rings. The molecule has 0 bridgehead atoms. The summed E-state index contributed by atoms with van der Waals surface area (Å²) in [6, 6.07) is 27.8. The summed E-state index contributed by atoms with van der Waals surface area (Å²) in [5.41, 5.74) is 9.71. The molecule has 1 heterocycles. The van der Waals surface area contributed by atoms with Crippen LogP contribution >= 0.6 is 0 Å². The van der Waals surface area contributed by atoms with Crippen molar-refractivity contribution in [1.29, 1.82) is 5.26 Å². The van der Waals surface area contributed by atoms with Crippen LogP contribution in [0.3, 0.4) is 0 Å². The second-order valence-electron chi connectivity index (χ2n) is 11.3. The van der Waals surface area contributed by atoms with E-state index in [4.69, 9.17) is 16.0 Å². The highest BCUT2D eigenvalue weighted by atomic mass is 16.3. The smallest absolute Gasteiger partial charge is 0.322 e. The van der Waals surface area contributed by atoms with Crippen molar-refractivity contribution in [2.45, 2.75) is 45.8 Å². The Morgan fingerprint density at radius 3 is 2.27 bits per heavy atom. The molecule has 41 heavy (non-hydrogen) atoms. The van der Waals surface area contributed by atoms with E-state index in [1.807, 2.05) is 54.7 Å². The van der Waals surface area contributed by atoms with Gasteiger partial charge >= 0.3 is 6.03 Å². The molecule has 4 aromatic rings. The SMILES string of the molecule is CC(C)(C)C(c1nc(-c2ccccc2)cn1Cc1ccccc1)N(CCC(N)CO)C(=O)Nc1ccc(C#N)cc1. The van der Waals surface area contributed by atoms with Crippen LogP contribution in [0.2, 0.25) is 0 Å². The number of nitriles is 1. The van der Waals surface area contributed by atoms with Gasteiger partial charge in [0.25, 0.3) is 0 Å². The van der Waals surface area contributed by atoms with Crippen molar-refractivity contribution in [3.8, 4) is 17.3 Å². The molecule has 212 valence electrons. The third-order valence-electron chi connectivity index (χ3n) is 6.95. The van der Waals surface area contributed by atoms with E-state index < -0.39 is 17.5 Å². The molecule has 0 aliphatic heterocycles. The molecule has 0 spiro atoms. The number of carbonyl (C=O) groups is 1. The second-order valence-corrected chi connectivity index (χ2v) is 11.3. The summed E-state index contributed by atoms with van der Waals surface area (Å²) >= 11 is 0. The van der Waals surface area contributed by atoms with Crippen LogP contribution in [0.1, 0.15) is 50.2 Å². The van der Waals surface area contributed by atoms with E-state index in [2.05, 4.69) is 48.9 Å². The van der Waals surface area contributed by atoms with E-state index in [0.717, 1.165) is 22.6 Å². The van der Waals surface area contributed by atoms with Crippen molar-refractivity contribution in [3.05, 3.63) is 108 Å². The molecule has 0 saturated heterocycles. The number of imidazole rings is 1. The third-order valence-corrected chi connectivity index (χ3v) is 6.95. The van der Waals surface area contributed by atoms with Crippen LogP contribution in [0.25, 0.3) is 11.3 Å². The molecule has 8 nitrogen and oxygen atoms in total. The van der Waals surface area contributed by atoms with Crippen molar-refractivity contribution >= 4 is 11.7 Å². The van der Waals surface area contributed by atoms with Gasteiger partial charge in [0, 0.05) is 36.6 Å². The van der Waals surface area contributed by atoms with Gasteiger partial charge in [-0.2, -0.15) is 5.26 Å². The molecule has 2 atom stereocenters. The van der Waals surface area contributed by atoms with E-state index in [9.17, 15) is 9.90 Å². The fourth-order valence-corrected chi connectivity index (χ4v) is 4.86. The summed E-state index contributed by atoms with van der Waals surface area (Å²) in [5, 5.41) is 21.8. The molecular weight excluding hydrogens is 512 g/mol. The Labute approximate surface area is 242 Å². The molecule has 4 N–H and O–H groups in total. The number of aliphatic hydroxyl groups excluding tert-OH is 1. The van der Waals surface area contributed by atoms with Gasteiger partial charge in [0.05, 0.1) is 30.0 Å². The maximum atomic E-state index is 14.0. The van der Waals surface area contributed by atoms with Crippen LogP contribution in [-0.2, 0) is 6.54 Å². The van der Waals surface area contributed by atoms with E-state index in [-0.39, 0.29) is 12.6 Å². The lowest BCUT2D eigenvalue weighted by Gasteiger charge is -2.40. The molecule has 2 unspecified atom stereocenters. The van der Waals surface area contributed by atoms with Crippen molar-refractivity contribution < 1.29 is 9.90 Å². The zero-order valence-corrected chi connectivity index (χ0v) is 23.9. The minimum Gasteiger partial charge on any atom is -0.395 e. The van der Waals surface area contributed by atoms with Gasteiger partial charge in [0.15, 0.2) is 0 Å². The number of nitrogens with zero attached hydrogens (tertiary/aromatic N) is 4. The average molecular weight is 551 g/mol. The highest BCUT2D eigenvalue weighted by Gasteiger charge is 2.38. The average Bonchev–Trinajstić information content (AvgIpc) is 3.38. The van der Waals surface area contributed by atoms with Crippen LogP contribution < -0.4 is 11.1 Å². The highest BCUT2D eigenvalue weighted by molar-refractivity contribution is 5.89. The summed E-state index contributed by atoms with van der Waals surface area (Å²) in [5.74, 6) is 0.757. The van der Waals surface area contributed by atoms with Gasteiger partial charge in [0.2, 0.25) is 0 Å². The Morgan fingerprint density at radius 1 is 1.05 bits per heavy atom. The Bertz CT molecular complexity index is 1450. The molecule has 0 aliphatic carbocycles.